The van der Waals surface area contributed by atoms with Gasteiger partial charge in [-0.15, -0.1) is 0 Å². The maximum absolute atomic E-state index is 13.4. The van der Waals surface area contributed by atoms with E-state index in [1.54, 1.807) is 0 Å². The van der Waals surface area contributed by atoms with Crippen molar-refractivity contribution in [2.75, 3.05) is 18.1 Å². The van der Waals surface area contributed by atoms with Crippen molar-refractivity contribution in [2.45, 2.75) is 25.8 Å². The second-order valence-corrected chi connectivity index (χ2v) is 8.45. The number of benzene rings is 1. The Balaban J connectivity index is 2.13. The molecule has 1 aliphatic heterocycles. The maximum atomic E-state index is 13.4. The molecule has 0 radical (unpaired) electrons. The molecule has 2 unspecified atom stereocenters. The van der Waals surface area contributed by atoms with E-state index >= 15 is 0 Å². The molecule has 1 fully saturated rings. The Morgan fingerprint density at radius 3 is 2.75 bits per heavy atom. The molecular formula is C14H19BrFNO2S. The Kier molecular flexibility index (Phi) is 5.20. The number of likely N-dealkylation sites (N-methyl/N-ethyl adjacent to an activating group) is 1. The Labute approximate surface area is 128 Å². The standard InChI is InChI=1S/C14H19BrFNO2S/c1-2-17-14(11-3-4-20(18,19)9-11)7-10-5-12(15)8-13(16)6-10/h5-6,8,11,14,17H,2-4,7,9H2,1H3. The van der Waals surface area contributed by atoms with Gasteiger partial charge in [0.25, 0.3) is 0 Å². The molecule has 1 aromatic rings. The third-order valence-corrected chi connectivity index (χ3v) is 5.93. The van der Waals surface area contributed by atoms with Crippen LogP contribution in [0.2, 0.25) is 0 Å². The first-order valence-electron chi connectivity index (χ1n) is 6.78. The van der Waals surface area contributed by atoms with Crippen LogP contribution in [-0.2, 0) is 16.3 Å². The van der Waals surface area contributed by atoms with Crippen molar-refractivity contribution in [3.05, 3.63) is 34.1 Å². The molecule has 20 heavy (non-hydrogen) atoms. The fourth-order valence-corrected chi connectivity index (χ4v) is 5.18. The number of nitrogens with one attached hydrogen (secondary N) is 1. The maximum Gasteiger partial charge on any atom is 0.150 e. The molecule has 0 spiro atoms. The van der Waals surface area contributed by atoms with Crippen LogP contribution in [0.4, 0.5) is 4.39 Å². The van der Waals surface area contributed by atoms with E-state index in [0.717, 1.165) is 12.1 Å². The molecule has 0 amide bonds. The first kappa shape index (κ1) is 15.9. The first-order chi connectivity index (χ1) is 9.39. The fraction of sp³-hybridized carbons (Fsp3) is 0.571. The number of hydrogen-bond donors (Lipinski definition) is 1. The van der Waals surface area contributed by atoms with Crippen LogP contribution in [0, 0.1) is 11.7 Å². The minimum atomic E-state index is -2.89. The van der Waals surface area contributed by atoms with E-state index in [9.17, 15) is 12.8 Å². The number of hydrogen-bond acceptors (Lipinski definition) is 3. The third kappa shape index (κ3) is 4.27. The normalized spacial score (nSPS) is 22.9. The summed E-state index contributed by atoms with van der Waals surface area (Å²) in [6.45, 7) is 2.77. The topological polar surface area (TPSA) is 46.2 Å². The predicted molar refractivity (Wildman–Crippen MR) is 82.0 cm³/mol. The van der Waals surface area contributed by atoms with Crippen molar-refractivity contribution in [3.8, 4) is 0 Å². The molecule has 1 heterocycles. The van der Waals surface area contributed by atoms with Gasteiger partial charge in [-0.05, 0) is 49.1 Å². The molecule has 1 aromatic carbocycles. The van der Waals surface area contributed by atoms with Crippen LogP contribution < -0.4 is 5.32 Å². The second kappa shape index (κ2) is 6.54. The molecule has 0 saturated carbocycles. The predicted octanol–water partition coefficient (Wildman–Crippen LogP) is 2.54. The van der Waals surface area contributed by atoms with Crippen molar-refractivity contribution in [2.24, 2.45) is 5.92 Å². The van der Waals surface area contributed by atoms with Gasteiger partial charge in [-0.2, -0.15) is 0 Å². The smallest absolute Gasteiger partial charge is 0.150 e. The Bertz CT molecular complexity index is 556. The Hall–Kier alpha value is -0.460. The fourth-order valence-electron chi connectivity index (χ4n) is 2.79. The van der Waals surface area contributed by atoms with E-state index < -0.39 is 9.84 Å². The van der Waals surface area contributed by atoms with Gasteiger partial charge < -0.3 is 5.32 Å². The monoisotopic (exact) mass is 363 g/mol. The molecule has 1 aliphatic rings. The average Bonchev–Trinajstić information content (AvgIpc) is 2.68. The van der Waals surface area contributed by atoms with Crippen LogP contribution >= 0.6 is 15.9 Å². The van der Waals surface area contributed by atoms with Crippen molar-refractivity contribution in [1.82, 2.24) is 5.32 Å². The summed E-state index contributed by atoms with van der Waals surface area (Å²) >= 11 is 3.29. The number of rotatable bonds is 5. The summed E-state index contributed by atoms with van der Waals surface area (Å²) in [7, 11) is -2.89. The summed E-state index contributed by atoms with van der Waals surface area (Å²) in [5.41, 5.74) is 0.882. The van der Waals surface area contributed by atoms with Gasteiger partial charge in [0.1, 0.15) is 5.82 Å². The van der Waals surface area contributed by atoms with Gasteiger partial charge in [0, 0.05) is 10.5 Å². The van der Waals surface area contributed by atoms with Crippen molar-refractivity contribution in [1.29, 1.82) is 0 Å². The molecule has 1 saturated heterocycles. The molecule has 0 bridgehead atoms. The summed E-state index contributed by atoms with van der Waals surface area (Å²) in [5.74, 6) is 0.346. The van der Waals surface area contributed by atoms with Gasteiger partial charge in [-0.1, -0.05) is 22.9 Å². The van der Waals surface area contributed by atoms with Crippen LogP contribution in [0.3, 0.4) is 0 Å². The molecule has 0 aromatic heterocycles. The van der Waals surface area contributed by atoms with Crippen molar-refractivity contribution in [3.63, 3.8) is 0 Å². The van der Waals surface area contributed by atoms with Gasteiger partial charge >= 0.3 is 0 Å². The molecule has 112 valence electrons. The molecule has 2 atom stereocenters. The molecular weight excluding hydrogens is 345 g/mol. The number of sulfone groups is 1. The lowest BCUT2D eigenvalue weighted by atomic mass is 9.93. The minimum absolute atomic E-state index is 0.0750. The first-order valence-corrected chi connectivity index (χ1v) is 9.40. The lowest BCUT2D eigenvalue weighted by molar-refractivity contribution is 0.385. The van der Waals surface area contributed by atoms with Gasteiger partial charge in [0.15, 0.2) is 9.84 Å². The third-order valence-electron chi connectivity index (χ3n) is 3.68. The lowest BCUT2D eigenvalue weighted by Gasteiger charge is -2.23. The molecule has 1 N–H and O–H groups in total. The zero-order valence-electron chi connectivity index (χ0n) is 11.4. The minimum Gasteiger partial charge on any atom is -0.314 e. The van der Waals surface area contributed by atoms with Gasteiger partial charge in [0.2, 0.25) is 0 Å². The highest BCUT2D eigenvalue weighted by Crippen LogP contribution is 2.25. The molecule has 3 nitrogen and oxygen atoms in total. The summed E-state index contributed by atoms with van der Waals surface area (Å²) < 4.78 is 37.4. The zero-order chi connectivity index (χ0) is 14.8. The van der Waals surface area contributed by atoms with Gasteiger partial charge in [-0.3, -0.25) is 0 Å². The summed E-state index contributed by atoms with van der Waals surface area (Å²) in [6, 6.07) is 4.90. The lowest BCUT2D eigenvalue weighted by Crippen LogP contribution is -2.38. The zero-order valence-corrected chi connectivity index (χ0v) is 13.8. The Morgan fingerprint density at radius 2 is 2.20 bits per heavy atom. The van der Waals surface area contributed by atoms with E-state index in [4.69, 9.17) is 0 Å². The van der Waals surface area contributed by atoms with E-state index in [1.807, 2.05) is 13.0 Å². The van der Waals surface area contributed by atoms with Crippen LogP contribution in [0.15, 0.2) is 22.7 Å². The van der Waals surface area contributed by atoms with Crippen LogP contribution in [0.1, 0.15) is 18.9 Å². The van der Waals surface area contributed by atoms with E-state index in [2.05, 4.69) is 21.2 Å². The number of halogens is 2. The highest BCUT2D eigenvalue weighted by molar-refractivity contribution is 9.10. The molecule has 2 rings (SSSR count). The SMILES string of the molecule is CCNC(Cc1cc(F)cc(Br)c1)C1CCS(=O)(=O)C1. The summed E-state index contributed by atoms with van der Waals surface area (Å²) in [5, 5.41) is 3.35. The molecule has 6 heteroatoms. The van der Waals surface area contributed by atoms with Crippen molar-refractivity contribution >= 4 is 25.8 Å². The molecule has 0 aliphatic carbocycles. The Morgan fingerprint density at radius 1 is 1.45 bits per heavy atom. The van der Waals surface area contributed by atoms with Crippen molar-refractivity contribution < 1.29 is 12.8 Å². The highest BCUT2D eigenvalue weighted by Gasteiger charge is 2.33. The van der Waals surface area contributed by atoms with Crippen LogP contribution in [0.25, 0.3) is 0 Å². The summed E-state index contributed by atoms with van der Waals surface area (Å²) in [6.07, 6.45) is 1.33. The van der Waals surface area contributed by atoms with Crippen LogP contribution in [0.5, 0.6) is 0 Å². The van der Waals surface area contributed by atoms with Gasteiger partial charge in [-0.25, -0.2) is 12.8 Å². The van der Waals surface area contributed by atoms with Crippen LogP contribution in [-0.4, -0.2) is 32.5 Å². The van der Waals surface area contributed by atoms with E-state index in [0.29, 0.717) is 17.3 Å². The largest absolute Gasteiger partial charge is 0.314 e. The highest BCUT2D eigenvalue weighted by atomic mass is 79.9. The second-order valence-electron chi connectivity index (χ2n) is 5.31. The van der Waals surface area contributed by atoms with E-state index in [-0.39, 0.29) is 29.3 Å². The van der Waals surface area contributed by atoms with Gasteiger partial charge in [0.05, 0.1) is 11.5 Å². The van der Waals surface area contributed by atoms with E-state index in [1.165, 1.54) is 12.1 Å². The average molecular weight is 364 g/mol. The quantitative estimate of drug-likeness (QED) is 0.874. The summed E-state index contributed by atoms with van der Waals surface area (Å²) in [4.78, 5) is 0.